The Kier molecular flexibility index (Phi) is 7.21. The Balaban J connectivity index is 1.84. The van der Waals surface area contributed by atoms with Crippen LogP contribution < -0.4 is 14.9 Å². The SMILES string of the molecule is C#CCn1c(C)c(/C=c2\sc3n(c2=O)[C@H](c2ccc(Cl)cc2)C(C(=O)OCC)=C(C(F)(F)F)N=3)c2ccccc21. The maximum atomic E-state index is 14.3. The highest BCUT2D eigenvalue weighted by atomic mass is 35.5. The molecule has 0 spiro atoms. The predicted octanol–water partition coefficient (Wildman–Crippen LogP) is 4.89. The highest BCUT2D eigenvalue weighted by molar-refractivity contribution is 7.07. The molecule has 11 heteroatoms. The summed E-state index contributed by atoms with van der Waals surface area (Å²) in [6.45, 7) is 3.48. The molecule has 2 aromatic carbocycles. The van der Waals surface area contributed by atoms with Crippen LogP contribution in [0.1, 0.15) is 29.8 Å². The number of nitrogens with zero attached hydrogens (tertiary/aromatic N) is 3. The second kappa shape index (κ2) is 10.5. The molecule has 0 amide bonds. The van der Waals surface area contributed by atoms with Crippen LogP contribution >= 0.6 is 22.9 Å². The Morgan fingerprint density at radius 2 is 1.93 bits per heavy atom. The van der Waals surface area contributed by atoms with Crippen LogP contribution in [0.4, 0.5) is 13.2 Å². The van der Waals surface area contributed by atoms with Gasteiger partial charge in [-0.1, -0.05) is 59.2 Å². The summed E-state index contributed by atoms with van der Waals surface area (Å²) in [7, 11) is 0. The summed E-state index contributed by atoms with van der Waals surface area (Å²) < 4.78 is 51.1. The molecule has 40 heavy (non-hydrogen) atoms. The molecule has 2 aromatic heterocycles. The maximum absolute atomic E-state index is 14.3. The van der Waals surface area contributed by atoms with E-state index in [0.29, 0.717) is 17.1 Å². The summed E-state index contributed by atoms with van der Waals surface area (Å²) in [5.74, 6) is 1.42. The molecule has 0 bridgehead atoms. The molecule has 204 valence electrons. The van der Waals surface area contributed by atoms with Gasteiger partial charge < -0.3 is 9.30 Å². The number of halogens is 4. The van der Waals surface area contributed by atoms with Crippen molar-refractivity contribution >= 4 is 45.9 Å². The quantitative estimate of drug-likeness (QED) is 0.248. The molecule has 4 aromatic rings. The number of hydrogen-bond acceptors (Lipinski definition) is 5. The van der Waals surface area contributed by atoms with E-state index >= 15 is 0 Å². The first-order chi connectivity index (χ1) is 19.1. The Bertz CT molecular complexity index is 1910. The van der Waals surface area contributed by atoms with Gasteiger partial charge in [-0.05, 0) is 43.7 Å². The average molecular weight is 584 g/mol. The number of terminal acetylenes is 1. The lowest BCUT2D eigenvalue weighted by atomic mass is 9.95. The van der Waals surface area contributed by atoms with Gasteiger partial charge in [0.05, 0.1) is 29.3 Å². The number of hydrogen-bond donors (Lipinski definition) is 0. The summed E-state index contributed by atoms with van der Waals surface area (Å²) >= 11 is 6.84. The van der Waals surface area contributed by atoms with Crippen LogP contribution in [-0.4, -0.2) is 27.9 Å². The Morgan fingerprint density at radius 3 is 2.58 bits per heavy atom. The molecule has 0 saturated carbocycles. The van der Waals surface area contributed by atoms with E-state index in [-0.39, 0.29) is 21.5 Å². The van der Waals surface area contributed by atoms with Crippen LogP contribution in [0.5, 0.6) is 0 Å². The minimum absolute atomic E-state index is 0.149. The number of esters is 1. The molecule has 0 unspecified atom stereocenters. The van der Waals surface area contributed by atoms with E-state index in [1.54, 1.807) is 6.08 Å². The number of alkyl halides is 3. The van der Waals surface area contributed by atoms with E-state index < -0.39 is 35.0 Å². The number of allylic oxidation sites excluding steroid dienone is 1. The normalized spacial score (nSPS) is 15.6. The molecule has 1 aliphatic heterocycles. The van der Waals surface area contributed by atoms with Crippen LogP contribution in [0.15, 0.2) is 69.6 Å². The third-order valence-corrected chi connectivity index (χ3v) is 7.82. The summed E-state index contributed by atoms with van der Waals surface area (Å²) in [5.41, 5.74) is -0.154. The summed E-state index contributed by atoms with van der Waals surface area (Å²) in [6.07, 6.45) is 2.22. The zero-order chi connectivity index (χ0) is 28.8. The van der Waals surface area contributed by atoms with Crippen molar-refractivity contribution in [3.05, 3.63) is 101 Å². The zero-order valence-electron chi connectivity index (χ0n) is 21.3. The molecule has 1 atom stereocenters. The van der Waals surface area contributed by atoms with Gasteiger partial charge >= 0.3 is 12.1 Å². The number of ether oxygens (including phenoxy) is 1. The van der Waals surface area contributed by atoms with Crippen molar-refractivity contribution in [3.8, 4) is 12.3 Å². The van der Waals surface area contributed by atoms with Gasteiger partial charge in [0.25, 0.3) is 5.56 Å². The molecule has 1 aliphatic rings. The minimum atomic E-state index is -4.98. The molecular weight excluding hydrogens is 563 g/mol. The van der Waals surface area contributed by atoms with Gasteiger partial charge in [-0.2, -0.15) is 13.2 Å². The summed E-state index contributed by atoms with van der Waals surface area (Å²) in [4.78, 5) is 30.5. The van der Waals surface area contributed by atoms with Gasteiger partial charge in [0, 0.05) is 27.2 Å². The van der Waals surface area contributed by atoms with Crippen LogP contribution in [0.3, 0.4) is 0 Å². The van der Waals surface area contributed by atoms with Crippen LogP contribution in [-0.2, 0) is 16.1 Å². The zero-order valence-corrected chi connectivity index (χ0v) is 22.8. The molecule has 5 rings (SSSR count). The van der Waals surface area contributed by atoms with Gasteiger partial charge in [-0.15, -0.1) is 6.42 Å². The largest absolute Gasteiger partial charge is 0.463 e. The Labute approximate surface area is 235 Å². The first kappa shape index (κ1) is 27.5. The number of fused-ring (bicyclic) bond motifs is 2. The van der Waals surface area contributed by atoms with Crippen molar-refractivity contribution in [3.63, 3.8) is 0 Å². The molecule has 0 saturated heterocycles. The molecular formula is C29H21ClF3N3O3S. The fourth-order valence-electron chi connectivity index (χ4n) is 4.87. The topological polar surface area (TPSA) is 65.6 Å². The molecule has 0 radical (unpaired) electrons. The van der Waals surface area contributed by atoms with E-state index in [1.165, 1.54) is 31.2 Å². The van der Waals surface area contributed by atoms with Gasteiger partial charge in [0.1, 0.15) is 0 Å². The van der Waals surface area contributed by atoms with Crippen LogP contribution in [0, 0.1) is 19.3 Å². The number of para-hydroxylation sites is 1. The molecule has 0 aliphatic carbocycles. The first-order valence-electron chi connectivity index (χ1n) is 12.1. The van der Waals surface area contributed by atoms with Crippen molar-refractivity contribution < 1.29 is 22.7 Å². The third-order valence-electron chi connectivity index (χ3n) is 6.59. The number of benzene rings is 2. The maximum Gasteiger partial charge on any atom is 0.434 e. The minimum Gasteiger partial charge on any atom is -0.463 e. The fourth-order valence-corrected chi connectivity index (χ4v) is 5.98. The molecule has 0 fully saturated rings. The van der Waals surface area contributed by atoms with Gasteiger partial charge in [0.15, 0.2) is 10.5 Å². The second-order valence-corrected chi connectivity index (χ2v) is 10.4. The summed E-state index contributed by atoms with van der Waals surface area (Å²) in [5, 5.41) is 1.17. The molecule has 3 heterocycles. The van der Waals surface area contributed by atoms with Gasteiger partial charge in [-0.25, -0.2) is 9.79 Å². The van der Waals surface area contributed by atoms with E-state index in [4.69, 9.17) is 22.8 Å². The number of aromatic nitrogens is 2. The Morgan fingerprint density at radius 1 is 1.23 bits per heavy atom. The average Bonchev–Trinajstić information content (AvgIpc) is 3.37. The van der Waals surface area contributed by atoms with E-state index in [2.05, 4.69) is 10.9 Å². The third kappa shape index (κ3) is 4.65. The van der Waals surface area contributed by atoms with E-state index in [1.807, 2.05) is 35.8 Å². The molecule has 0 N–H and O–H groups in total. The smallest absolute Gasteiger partial charge is 0.434 e. The standard InChI is InChI=1S/C29H21ClF3N3O3S/c1-4-14-35-16(3)20(19-8-6-7-9-21(19)35)15-22-26(37)36-24(17-10-12-18(30)13-11-17)23(27(38)39-5-2)25(29(31,32)33)34-28(36)40-22/h1,6-13,15,24H,5,14H2,2-3H3/b22-15-/t24-/m1/s1. The van der Waals surface area contributed by atoms with Crippen molar-refractivity contribution in [2.24, 2.45) is 4.99 Å². The van der Waals surface area contributed by atoms with Crippen molar-refractivity contribution in [2.75, 3.05) is 6.61 Å². The predicted molar refractivity (Wildman–Crippen MR) is 148 cm³/mol. The van der Waals surface area contributed by atoms with E-state index in [0.717, 1.165) is 32.5 Å². The van der Waals surface area contributed by atoms with E-state index in [9.17, 15) is 22.8 Å². The Hall–Kier alpha value is -4.07. The van der Waals surface area contributed by atoms with Crippen molar-refractivity contribution in [1.82, 2.24) is 9.13 Å². The number of carbonyl (C=O) groups excluding carboxylic acids is 1. The van der Waals surface area contributed by atoms with Crippen molar-refractivity contribution in [2.45, 2.75) is 32.6 Å². The highest BCUT2D eigenvalue weighted by Gasteiger charge is 2.45. The second-order valence-electron chi connectivity index (χ2n) is 8.92. The lowest BCUT2D eigenvalue weighted by Crippen LogP contribution is -2.41. The van der Waals surface area contributed by atoms with Crippen LogP contribution in [0.2, 0.25) is 5.02 Å². The van der Waals surface area contributed by atoms with Gasteiger partial charge in [-0.3, -0.25) is 9.36 Å². The lowest BCUT2D eigenvalue weighted by molar-refractivity contribution is -0.140. The van der Waals surface area contributed by atoms with Gasteiger partial charge in [0.2, 0.25) is 0 Å². The number of rotatable bonds is 5. The number of carbonyl (C=O) groups is 1. The number of thiazole rings is 1. The monoisotopic (exact) mass is 583 g/mol. The summed E-state index contributed by atoms with van der Waals surface area (Å²) in [6, 6.07) is 12.0. The lowest BCUT2D eigenvalue weighted by Gasteiger charge is -2.26. The van der Waals surface area contributed by atoms with Crippen molar-refractivity contribution in [1.29, 1.82) is 0 Å². The first-order valence-corrected chi connectivity index (χ1v) is 13.3. The molecule has 6 nitrogen and oxygen atoms in total. The highest BCUT2D eigenvalue weighted by Crippen LogP contribution is 2.38. The fraction of sp³-hybridized carbons (Fsp3) is 0.207. The van der Waals surface area contributed by atoms with Crippen LogP contribution in [0.25, 0.3) is 17.0 Å².